The van der Waals surface area contributed by atoms with Crippen molar-refractivity contribution in [3.63, 3.8) is 0 Å². The predicted octanol–water partition coefficient (Wildman–Crippen LogP) is 4.09. The summed E-state index contributed by atoms with van der Waals surface area (Å²) in [5.74, 6) is -2.68. The Morgan fingerprint density at radius 2 is 2.15 bits per heavy atom. The highest BCUT2D eigenvalue weighted by Crippen LogP contribution is 2.34. The fourth-order valence-corrected chi connectivity index (χ4v) is 3.07. The third kappa shape index (κ3) is 4.49. The molecule has 0 radical (unpaired) electrons. The van der Waals surface area contributed by atoms with Crippen LogP contribution in [0.2, 0.25) is 5.15 Å². The van der Waals surface area contributed by atoms with Crippen molar-refractivity contribution in [3.8, 4) is 5.82 Å². The van der Waals surface area contributed by atoms with Gasteiger partial charge in [0.2, 0.25) is 5.92 Å². The Labute approximate surface area is 154 Å². The number of rotatable bonds is 5. The van der Waals surface area contributed by atoms with Gasteiger partial charge in [-0.05, 0) is 31.9 Å². The number of nitrogens with one attached hydrogen (secondary N) is 1. The molecule has 2 heterocycles. The first kappa shape index (κ1) is 18.6. The van der Waals surface area contributed by atoms with Crippen LogP contribution in [0.1, 0.15) is 43.1 Å². The van der Waals surface area contributed by atoms with Crippen LogP contribution in [-0.2, 0) is 4.74 Å². The minimum Gasteiger partial charge on any atom is -0.461 e. The van der Waals surface area contributed by atoms with E-state index in [1.54, 1.807) is 25.3 Å². The second kappa shape index (κ2) is 7.57. The van der Waals surface area contributed by atoms with Gasteiger partial charge >= 0.3 is 5.97 Å². The molecule has 0 saturated heterocycles. The van der Waals surface area contributed by atoms with E-state index in [4.69, 9.17) is 16.3 Å². The molecule has 0 amide bonds. The van der Waals surface area contributed by atoms with Crippen molar-refractivity contribution in [3.05, 3.63) is 35.2 Å². The van der Waals surface area contributed by atoms with Gasteiger partial charge in [-0.15, -0.1) is 0 Å². The molecular formula is C17H19ClF2N4O2. The van der Waals surface area contributed by atoms with E-state index in [2.05, 4.69) is 15.4 Å². The number of hydrogen-bond acceptors (Lipinski definition) is 5. The lowest BCUT2D eigenvalue weighted by Crippen LogP contribution is -2.32. The zero-order valence-corrected chi connectivity index (χ0v) is 15.0. The van der Waals surface area contributed by atoms with E-state index in [1.165, 1.54) is 10.7 Å². The van der Waals surface area contributed by atoms with Crippen molar-refractivity contribution in [2.24, 2.45) is 0 Å². The molecule has 3 rings (SSSR count). The molecule has 9 heteroatoms. The topological polar surface area (TPSA) is 69.0 Å². The van der Waals surface area contributed by atoms with Gasteiger partial charge in [0.15, 0.2) is 11.5 Å². The molecule has 26 heavy (non-hydrogen) atoms. The number of pyridine rings is 1. The third-order valence-corrected chi connectivity index (χ3v) is 4.37. The normalized spacial score (nSPS) is 17.1. The van der Waals surface area contributed by atoms with Gasteiger partial charge in [0.1, 0.15) is 5.15 Å². The number of carbonyl (C=O) groups is 1. The van der Waals surface area contributed by atoms with Crippen molar-refractivity contribution in [1.82, 2.24) is 14.8 Å². The second-order valence-electron chi connectivity index (χ2n) is 6.18. The van der Waals surface area contributed by atoms with Gasteiger partial charge in [-0.2, -0.15) is 5.10 Å². The highest BCUT2D eigenvalue weighted by atomic mass is 35.5. The standard InChI is InChI=1S/C17H19ClF2N4O2/c1-2-26-16(25)13-5-8-24(23-13)15-10-12(9-14(18)22-15)21-11-3-6-17(19,20)7-4-11/h5,8-11H,2-4,6-7H2,1H3,(H,21,22). The molecule has 140 valence electrons. The number of hydrogen-bond donors (Lipinski definition) is 1. The van der Waals surface area contributed by atoms with E-state index in [0.29, 0.717) is 24.3 Å². The molecule has 6 nitrogen and oxygen atoms in total. The molecule has 1 aliphatic rings. The summed E-state index contributed by atoms with van der Waals surface area (Å²) >= 11 is 6.08. The summed E-state index contributed by atoms with van der Waals surface area (Å²) in [6.45, 7) is 1.97. The molecular weight excluding hydrogens is 366 g/mol. The molecule has 2 aromatic heterocycles. The lowest BCUT2D eigenvalue weighted by Gasteiger charge is -2.29. The van der Waals surface area contributed by atoms with Crippen LogP contribution in [0.3, 0.4) is 0 Å². The summed E-state index contributed by atoms with van der Waals surface area (Å²) in [5.41, 5.74) is 0.834. The van der Waals surface area contributed by atoms with Crippen molar-refractivity contribution >= 4 is 23.3 Å². The van der Waals surface area contributed by atoms with Gasteiger partial charge in [-0.3, -0.25) is 0 Å². The molecule has 1 aliphatic carbocycles. The summed E-state index contributed by atoms with van der Waals surface area (Å²) < 4.78 is 32.9. The number of halogens is 3. The van der Waals surface area contributed by atoms with Gasteiger partial charge in [-0.25, -0.2) is 23.2 Å². The van der Waals surface area contributed by atoms with E-state index >= 15 is 0 Å². The Morgan fingerprint density at radius 3 is 2.85 bits per heavy atom. The van der Waals surface area contributed by atoms with E-state index in [9.17, 15) is 13.6 Å². The van der Waals surface area contributed by atoms with Crippen LogP contribution in [0.5, 0.6) is 0 Å². The number of nitrogens with zero attached hydrogens (tertiary/aromatic N) is 3. The Kier molecular flexibility index (Phi) is 5.41. The average Bonchev–Trinajstić information content (AvgIpc) is 3.07. The highest BCUT2D eigenvalue weighted by Gasteiger charge is 2.34. The van der Waals surface area contributed by atoms with Crippen LogP contribution < -0.4 is 5.32 Å². The smallest absolute Gasteiger partial charge is 0.358 e. The maximum absolute atomic E-state index is 13.3. The summed E-state index contributed by atoms with van der Waals surface area (Å²) in [7, 11) is 0. The summed E-state index contributed by atoms with van der Waals surface area (Å²) in [5, 5.41) is 7.61. The maximum atomic E-state index is 13.3. The molecule has 0 aromatic carbocycles. The van der Waals surface area contributed by atoms with Gasteiger partial charge in [-0.1, -0.05) is 11.6 Å². The minimum atomic E-state index is -2.57. The van der Waals surface area contributed by atoms with Gasteiger partial charge in [0.25, 0.3) is 0 Å². The van der Waals surface area contributed by atoms with Crippen LogP contribution in [0.4, 0.5) is 14.5 Å². The number of esters is 1. The van der Waals surface area contributed by atoms with E-state index in [0.717, 1.165) is 0 Å². The number of alkyl halides is 2. The predicted molar refractivity (Wildman–Crippen MR) is 93.2 cm³/mol. The SMILES string of the molecule is CCOC(=O)c1ccn(-c2cc(NC3CCC(F)(F)CC3)cc(Cl)n2)n1. The van der Waals surface area contributed by atoms with E-state index in [1.807, 2.05) is 0 Å². The Balaban J connectivity index is 1.75. The summed E-state index contributed by atoms with van der Waals surface area (Å²) in [6.07, 6.45) is 2.10. The minimum absolute atomic E-state index is 0.0475. The van der Waals surface area contributed by atoms with Crippen LogP contribution in [-0.4, -0.2) is 39.3 Å². The Bertz CT molecular complexity index is 787. The maximum Gasteiger partial charge on any atom is 0.358 e. The number of anilines is 1. The zero-order valence-electron chi connectivity index (χ0n) is 14.2. The summed E-state index contributed by atoms with van der Waals surface area (Å²) in [6, 6.07) is 4.82. The van der Waals surface area contributed by atoms with Crippen molar-refractivity contribution in [2.45, 2.75) is 44.6 Å². The number of aromatic nitrogens is 3. The Hall–Kier alpha value is -2.22. The van der Waals surface area contributed by atoms with Crippen LogP contribution in [0, 0.1) is 0 Å². The average molecular weight is 385 g/mol. The molecule has 0 spiro atoms. The second-order valence-corrected chi connectivity index (χ2v) is 6.56. The molecule has 2 aromatic rings. The number of carbonyl (C=O) groups excluding carboxylic acids is 1. The molecule has 1 N–H and O–H groups in total. The van der Waals surface area contributed by atoms with Gasteiger partial charge in [0.05, 0.1) is 6.61 Å². The molecule has 0 aliphatic heterocycles. The fraction of sp³-hybridized carbons (Fsp3) is 0.471. The molecule has 0 bridgehead atoms. The third-order valence-electron chi connectivity index (χ3n) is 4.18. The monoisotopic (exact) mass is 384 g/mol. The van der Waals surface area contributed by atoms with Crippen LogP contribution in [0.15, 0.2) is 24.4 Å². The van der Waals surface area contributed by atoms with Crippen molar-refractivity contribution < 1.29 is 18.3 Å². The Morgan fingerprint density at radius 1 is 1.42 bits per heavy atom. The quantitative estimate of drug-likeness (QED) is 0.621. The van der Waals surface area contributed by atoms with Crippen LogP contribution in [0.25, 0.3) is 5.82 Å². The molecule has 0 unspecified atom stereocenters. The zero-order chi connectivity index (χ0) is 18.7. The summed E-state index contributed by atoms with van der Waals surface area (Å²) in [4.78, 5) is 15.9. The lowest BCUT2D eigenvalue weighted by atomic mass is 9.92. The van der Waals surface area contributed by atoms with Crippen LogP contribution >= 0.6 is 11.6 Å². The van der Waals surface area contributed by atoms with Crippen molar-refractivity contribution in [1.29, 1.82) is 0 Å². The molecule has 1 saturated carbocycles. The first-order valence-corrected chi connectivity index (χ1v) is 8.79. The van der Waals surface area contributed by atoms with Gasteiger partial charge in [0, 0.05) is 36.8 Å². The van der Waals surface area contributed by atoms with E-state index in [-0.39, 0.29) is 36.3 Å². The van der Waals surface area contributed by atoms with Crippen molar-refractivity contribution in [2.75, 3.05) is 11.9 Å². The highest BCUT2D eigenvalue weighted by molar-refractivity contribution is 6.29. The van der Waals surface area contributed by atoms with E-state index < -0.39 is 11.9 Å². The first-order valence-electron chi connectivity index (χ1n) is 8.41. The fourth-order valence-electron chi connectivity index (χ4n) is 2.87. The molecule has 0 atom stereocenters. The first-order chi connectivity index (χ1) is 12.4. The largest absolute Gasteiger partial charge is 0.461 e. The van der Waals surface area contributed by atoms with Gasteiger partial charge < -0.3 is 10.1 Å². The molecule has 1 fully saturated rings. The lowest BCUT2D eigenvalue weighted by molar-refractivity contribution is -0.0360. The number of ether oxygens (including phenoxy) is 1.